The fraction of sp³-hybridized carbons (Fsp3) is 0.778. The van der Waals surface area contributed by atoms with Gasteiger partial charge < -0.3 is 5.32 Å². The average molecular weight is 218 g/mol. The maximum Gasteiger partial charge on any atom is 0.433 e. The van der Waals surface area contributed by atoms with Gasteiger partial charge in [-0.3, -0.25) is 4.84 Å². The van der Waals surface area contributed by atoms with Gasteiger partial charge in [-0.25, -0.2) is 4.79 Å². The summed E-state index contributed by atoms with van der Waals surface area (Å²) in [4.78, 5) is 15.4. The van der Waals surface area contributed by atoms with Gasteiger partial charge in [0.1, 0.15) is 0 Å². The first-order chi connectivity index (χ1) is 6.61. The molecular weight excluding hydrogens is 200 g/mol. The zero-order valence-corrected chi connectivity index (χ0v) is 9.98. The van der Waals surface area contributed by atoms with Crippen molar-refractivity contribution in [2.24, 2.45) is 11.1 Å². The Kier molecular flexibility index (Phi) is 7.28. The van der Waals surface area contributed by atoms with Crippen LogP contribution in [-0.4, -0.2) is 30.4 Å². The molecule has 0 rings (SSSR count). The molecule has 82 valence electrons. The summed E-state index contributed by atoms with van der Waals surface area (Å²) in [6, 6.07) is 0. The summed E-state index contributed by atoms with van der Waals surface area (Å²) >= 11 is 1.76. The van der Waals surface area contributed by atoms with Crippen LogP contribution in [0.1, 0.15) is 20.8 Å². The van der Waals surface area contributed by atoms with E-state index in [1.807, 2.05) is 13.8 Å². The number of amides is 1. The lowest BCUT2D eigenvalue weighted by atomic mass is 10.1. The van der Waals surface area contributed by atoms with E-state index in [1.54, 1.807) is 11.8 Å². The Bertz CT molecular complexity index is 205. The molecule has 0 aliphatic heterocycles. The Balaban J connectivity index is 4.11. The molecule has 0 unspecified atom stereocenters. The molecule has 4 nitrogen and oxygen atoms in total. The van der Waals surface area contributed by atoms with Crippen LogP contribution in [-0.2, 0) is 4.84 Å². The van der Waals surface area contributed by atoms with Gasteiger partial charge in [-0.1, -0.05) is 25.9 Å². The van der Waals surface area contributed by atoms with E-state index in [9.17, 15) is 4.79 Å². The Morgan fingerprint density at radius 2 is 2.21 bits per heavy atom. The Hall–Kier alpha value is -0.710. The van der Waals surface area contributed by atoms with Crippen LogP contribution in [0.15, 0.2) is 5.16 Å². The van der Waals surface area contributed by atoms with Gasteiger partial charge >= 0.3 is 6.09 Å². The van der Waals surface area contributed by atoms with Crippen LogP contribution in [0.3, 0.4) is 0 Å². The summed E-state index contributed by atoms with van der Waals surface area (Å²) < 4.78 is 0. The maximum absolute atomic E-state index is 10.8. The van der Waals surface area contributed by atoms with Gasteiger partial charge in [0, 0.05) is 12.8 Å². The number of carbonyl (C=O) groups is 1. The highest BCUT2D eigenvalue weighted by atomic mass is 32.2. The third-order valence-electron chi connectivity index (χ3n) is 1.57. The molecule has 0 spiro atoms. The highest BCUT2D eigenvalue weighted by Crippen LogP contribution is 2.07. The monoisotopic (exact) mass is 218 g/mol. The van der Waals surface area contributed by atoms with E-state index >= 15 is 0 Å². The van der Waals surface area contributed by atoms with Crippen molar-refractivity contribution in [3.63, 3.8) is 0 Å². The van der Waals surface area contributed by atoms with E-state index in [0.717, 1.165) is 17.2 Å². The van der Waals surface area contributed by atoms with Crippen molar-refractivity contribution in [2.75, 3.05) is 18.6 Å². The second-order valence-electron chi connectivity index (χ2n) is 3.00. The van der Waals surface area contributed by atoms with Crippen molar-refractivity contribution in [2.45, 2.75) is 20.8 Å². The highest BCUT2D eigenvalue weighted by molar-refractivity contribution is 7.99. The lowest BCUT2D eigenvalue weighted by molar-refractivity contribution is 0.152. The van der Waals surface area contributed by atoms with Crippen LogP contribution < -0.4 is 5.32 Å². The predicted molar refractivity (Wildman–Crippen MR) is 60.8 cm³/mol. The van der Waals surface area contributed by atoms with Crippen LogP contribution in [0.2, 0.25) is 0 Å². The number of nitrogens with one attached hydrogen (secondary N) is 1. The number of oxime groups is 1. The molecule has 0 radical (unpaired) electrons. The molecule has 1 amide bonds. The summed E-state index contributed by atoms with van der Waals surface area (Å²) in [6.45, 7) is 6.15. The van der Waals surface area contributed by atoms with E-state index in [2.05, 4.69) is 22.2 Å². The quantitative estimate of drug-likeness (QED) is 0.437. The minimum atomic E-state index is -0.523. The highest BCUT2D eigenvalue weighted by Gasteiger charge is 2.07. The third kappa shape index (κ3) is 5.85. The molecule has 0 saturated carbocycles. The van der Waals surface area contributed by atoms with Crippen molar-refractivity contribution in [3.8, 4) is 0 Å². The summed E-state index contributed by atoms with van der Waals surface area (Å²) in [6.07, 6.45) is -0.523. The number of carbonyl (C=O) groups excluding carboxylic acids is 1. The van der Waals surface area contributed by atoms with Crippen LogP contribution in [0, 0.1) is 5.92 Å². The standard InChI is InChI=1S/C9H18N2O2S/c1-5-14-6-8(7(2)3)11-13-9(12)10-4/h7H,5-6H2,1-4H3,(H,10,12). The zero-order chi connectivity index (χ0) is 11.0. The van der Waals surface area contributed by atoms with E-state index in [4.69, 9.17) is 0 Å². The maximum atomic E-state index is 10.8. The van der Waals surface area contributed by atoms with Gasteiger partial charge in [-0.15, -0.1) is 0 Å². The number of nitrogens with zero attached hydrogens (tertiary/aromatic N) is 1. The first-order valence-corrected chi connectivity index (χ1v) is 5.80. The summed E-state index contributed by atoms with van der Waals surface area (Å²) in [5.74, 6) is 2.15. The topological polar surface area (TPSA) is 50.7 Å². The fourth-order valence-corrected chi connectivity index (χ4v) is 1.45. The van der Waals surface area contributed by atoms with Gasteiger partial charge in [0.15, 0.2) is 0 Å². The molecule has 0 bridgehead atoms. The summed E-state index contributed by atoms with van der Waals surface area (Å²) in [5.41, 5.74) is 0.903. The first kappa shape index (κ1) is 13.3. The molecule has 14 heavy (non-hydrogen) atoms. The number of hydrogen-bond donors (Lipinski definition) is 1. The molecule has 0 aliphatic carbocycles. The number of hydrogen-bond acceptors (Lipinski definition) is 4. The molecule has 0 aromatic rings. The molecule has 0 saturated heterocycles. The third-order valence-corrected chi connectivity index (χ3v) is 2.48. The SMILES string of the molecule is CCSCC(=NOC(=O)NC)C(C)C. The van der Waals surface area contributed by atoms with E-state index in [0.29, 0.717) is 5.92 Å². The van der Waals surface area contributed by atoms with Crippen LogP contribution in [0.5, 0.6) is 0 Å². The molecular formula is C9H18N2O2S. The first-order valence-electron chi connectivity index (χ1n) is 4.65. The van der Waals surface area contributed by atoms with E-state index in [1.165, 1.54) is 7.05 Å². The van der Waals surface area contributed by atoms with Crippen molar-refractivity contribution in [1.29, 1.82) is 0 Å². The summed E-state index contributed by atoms with van der Waals surface area (Å²) in [7, 11) is 1.51. The normalized spacial score (nSPS) is 11.6. The van der Waals surface area contributed by atoms with E-state index in [-0.39, 0.29) is 0 Å². The number of thioether (sulfide) groups is 1. The lowest BCUT2D eigenvalue weighted by Gasteiger charge is -2.07. The van der Waals surface area contributed by atoms with Crippen molar-refractivity contribution in [3.05, 3.63) is 0 Å². The smallest absolute Gasteiger partial charge is 0.323 e. The van der Waals surface area contributed by atoms with Crippen LogP contribution in [0.4, 0.5) is 4.79 Å². The van der Waals surface area contributed by atoms with Crippen molar-refractivity contribution in [1.82, 2.24) is 5.32 Å². The molecule has 0 aliphatic rings. The van der Waals surface area contributed by atoms with Gasteiger partial charge in [0.2, 0.25) is 0 Å². The molecule has 1 N–H and O–H groups in total. The van der Waals surface area contributed by atoms with Crippen LogP contribution in [0.25, 0.3) is 0 Å². The Morgan fingerprint density at radius 1 is 1.57 bits per heavy atom. The predicted octanol–water partition coefficient (Wildman–Crippen LogP) is 2.11. The molecule has 0 heterocycles. The van der Waals surface area contributed by atoms with Crippen molar-refractivity contribution >= 4 is 23.6 Å². The van der Waals surface area contributed by atoms with Crippen molar-refractivity contribution < 1.29 is 9.63 Å². The van der Waals surface area contributed by atoms with Gasteiger partial charge in [-0.2, -0.15) is 11.8 Å². The second-order valence-corrected chi connectivity index (χ2v) is 4.28. The Labute approximate surface area is 89.5 Å². The van der Waals surface area contributed by atoms with Gasteiger partial charge in [0.05, 0.1) is 5.71 Å². The minimum Gasteiger partial charge on any atom is -0.323 e. The zero-order valence-electron chi connectivity index (χ0n) is 9.16. The molecule has 0 atom stereocenters. The van der Waals surface area contributed by atoms with Gasteiger partial charge in [-0.05, 0) is 11.7 Å². The minimum absolute atomic E-state index is 0.304. The number of rotatable bonds is 5. The van der Waals surface area contributed by atoms with E-state index < -0.39 is 6.09 Å². The molecule has 0 aromatic carbocycles. The molecule has 5 heteroatoms. The molecule has 0 fully saturated rings. The lowest BCUT2D eigenvalue weighted by Crippen LogP contribution is -2.19. The van der Waals surface area contributed by atoms with Gasteiger partial charge in [0.25, 0.3) is 0 Å². The Morgan fingerprint density at radius 3 is 2.64 bits per heavy atom. The van der Waals surface area contributed by atoms with Crippen LogP contribution >= 0.6 is 11.8 Å². The second kappa shape index (κ2) is 7.67. The fourth-order valence-electron chi connectivity index (χ4n) is 0.651. The summed E-state index contributed by atoms with van der Waals surface area (Å²) in [5, 5.41) is 6.16. The molecule has 0 aromatic heterocycles. The largest absolute Gasteiger partial charge is 0.433 e. The average Bonchev–Trinajstić information content (AvgIpc) is 2.16.